The Kier molecular flexibility index (Phi) is 14.6. The molecular formula is C46H54BF2N9O6S. The van der Waals surface area contributed by atoms with Crippen molar-refractivity contribution in [1.82, 2.24) is 34.6 Å². The zero-order valence-electron chi connectivity index (χ0n) is 36.2. The number of carbonyl (C=O) groups is 2. The Bertz CT molecular complexity index is 2580. The minimum Gasteiger partial charge on any atom is -0.484 e. The molecule has 5 N–H and O–H groups in total. The monoisotopic (exact) mass is 909 g/mol. The number of halogens is 2. The van der Waals surface area contributed by atoms with Crippen LogP contribution in [0.4, 0.5) is 14.4 Å². The number of aliphatic hydroxyl groups excluding tert-OH is 2. The van der Waals surface area contributed by atoms with E-state index in [2.05, 4.69) is 30.9 Å². The third kappa shape index (κ3) is 10.3. The number of nitrogens with zero attached hydrogens (tertiary/aromatic N) is 6. The zero-order chi connectivity index (χ0) is 45.3. The number of rotatable bonds is 22. The van der Waals surface area contributed by atoms with E-state index in [1.54, 1.807) is 61.6 Å². The Morgan fingerprint density at radius 2 is 1.66 bits per heavy atom. The minimum atomic E-state index is -4.11. The summed E-state index contributed by atoms with van der Waals surface area (Å²) in [4.78, 5) is 38.6. The predicted octanol–water partition coefficient (Wildman–Crippen LogP) is 6.38. The number of ether oxygens (including phenoxy) is 2. The summed E-state index contributed by atoms with van der Waals surface area (Å²) in [6.45, 7) is -0.769. The molecule has 0 bridgehead atoms. The first-order valence-electron chi connectivity index (χ1n) is 22.4. The molecule has 0 spiro atoms. The van der Waals surface area contributed by atoms with Crippen LogP contribution in [0.1, 0.15) is 92.8 Å². The summed E-state index contributed by atoms with van der Waals surface area (Å²) < 4.78 is 47.4. The number of fused-ring (bicyclic) bond motifs is 3. The topological polar surface area (TPSA) is 181 Å². The molecule has 2 amide bonds. The minimum absolute atomic E-state index is 0.0914. The number of aromatic nitrogens is 5. The molecule has 1 aromatic carbocycles. The third-order valence-corrected chi connectivity index (χ3v) is 12.7. The van der Waals surface area contributed by atoms with Crippen LogP contribution in [0.3, 0.4) is 0 Å². The molecule has 0 unspecified atom stereocenters. The third-order valence-electron chi connectivity index (χ3n) is 11.8. The molecule has 3 aliphatic rings. The number of aliphatic hydroxyl groups is 2. The molecule has 5 aromatic rings. The van der Waals surface area contributed by atoms with Gasteiger partial charge < -0.3 is 53.2 Å². The van der Waals surface area contributed by atoms with Gasteiger partial charge >= 0.3 is 6.97 Å². The number of imidazole rings is 1. The Labute approximate surface area is 379 Å². The van der Waals surface area contributed by atoms with Gasteiger partial charge in [-0.2, -0.15) is 0 Å². The first-order valence-corrected chi connectivity index (χ1v) is 23.2. The number of carbonyl (C=O) groups excluding carboxylic acids is 2. The van der Waals surface area contributed by atoms with Gasteiger partial charge in [0.2, 0.25) is 0 Å². The molecule has 4 atom stereocenters. The quantitative estimate of drug-likeness (QED) is 0.0386. The lowest BCUT2D eigenvalue weighted by molar-refractivity contribution is -0.360. The van der Waals surface area contributed by atoms with E-state index in [1.165, 1.54) is 28.6 Å². The van der Waals surface area contributed by atoms with Gasteiger partial charge in [-0.25, -0.2) is 15.0 Å². The summed E-state index contributed by atoms with van der Waals surface area (Å²) in [6, 6.07) is 14.3. The standard InChI is InChI=1S/C46H54BF2N9O6S/c1-2-50-45(62)42-40(60)41(61)46(64-42)56-30-55-39-43(53-29-54-44(39)56)52-25-11-9-7-5-3-4-6-8-10-24-51-38(59)28-63-35-21-15-31(16-22-35)14-17-32-18-19-33-27-34-20-23-36(37-13-12-26-65-37)58(34)47(48,49)57(32)33/h12-23,26-27,29-30,40-42,46,60-61H,2-11,24-25,28H2,1H3,(H,50,62)(H,51,59)(H,52,53,54)/b17-14+/t40-,41+,42-,46+/m0/s1. The van der Waals surface area contributed by atoms with Gasteiger partial charge in [-0.15, -0.1) is 11.3 Å². The average molecular weight is 910 g/mol. The summed E-state index contributed by atoms with van der Waals surface area (Å²) in [6.07, 6.45) is 16.3. The molecule has 7 heterocycles. The van der Waals surface area contributed by atoms with Gasteiger partial charge in [0, 0.05) is 49.3 Å². The van der Waals surface area contributed by atoms with Gasteiger partial charge in [0.05, 0.1) is 11.2 Å². The molecule has 1 saturated heterocycles. The normalized spacial score (nSPS) is 19.7. The van der Waals surface area contributed by atoms with Crippen LogP contribution < -0.4 is 20.7 Å². The number of hydrogen-bond acceptors (Lipinski definition) is 11. The van der Waals surface area contributed by atoms with Crippen molar-refractivity contribution < 1.29 is 42.4 Å². The number of thiophene rings is 1. The van der Waals surface area contributed by atoms with Crippen molar-refractivity contribution in [2.24, 2.45) is 0 Å². The summed E-state index contributed by atoms with van der Waals surface area (Å²) >= 11 is 1.44. The van der Waals surface area contributed by atoms with Gasteiger partial charge in [-0.05, 0) is 67.1 Å². The molecule has 65 heavy (non-hydrogen) atoms. The van der Waals surface area contributed by atoms with Crippen molar-refractivity contribution in [3.05, 3.63) is 106 Å². The van der Waals surface area contributed by atoms with Gasteiger partial charge in [-0.1, -0.05) is 69.2 Å². The molecule has 0 saturated carbocycles. The number of likely N-dealkylation sites (N-methyl/N-ethyl adjacent to an activating group) is 1. The van der Waals surface area contributed by atoms with Crippen LogP contribution in [0.5, 0.6) is 5.75 Å². The fourth-order valence-corrected chi connectivity index (χ4v) is 9.19. The summed E-state index contributed by atoms with van der Waals surface area (Å²) in [5.41, 5.74) is 3.59. The molecule has 8 rings (SSSR count). The molecular weight excluding hydrogens is 855 g/mol. The number of hydrogen-bond donors (Lipinski definition) is 5. The number of unbranched alkanes of at least 4 members (excludes halogenated alkanes) is 8. The first kappa shape index (κ1) is 45.5. The van der Waals surface area contributed by atoms with Crippen molar-refractivity contribution in [1.29, 1.82) is 0 Å². The van der Waals surface area contributed by atoms with Gasteiger partial charge in [0.15, 0.2) is 47.3 Å². The highest BCUT2D eigenvalue weighted by Crippen LogP contribution is 2.35. The van der Waals surface area contributed by atoms with Crippen LogP contribution in [-0.2, 0) is 14.3 Å². The van der Waals surface area contributed by atoms with Gasteiger partial charge in [0.25, 0.3) is 11.8 Å². The highest BCUT2D eigenvalue weighted by molar-refractivity contribution is 7.12. The first-order chi connectivity index (χ1) is 31.6. The number of nitrogens with one attached hydrogen (secondary N) is 3. The molecule has 0 aliphatic carbocycles. The Hall–Kier alpha value is -6.02. The molecule has 0 radical (unpaired) electrons. The maximum atomic E-state index is 16.1. The maximum absolute atomic E-state index is 16.1. The van der Waals surface area contributed by atoms with Gasteiger partial charge in [-0.3, -0.25) is 14.2 Å². The van der Waals surface area contributed by atoms with Crippen LogP contribution in [0, 0.1) is 0 Å². The lowest BCUT2D eigenvalue weighted by atomic mass is 9.90. The van der Waals surface area contributed by atoms with Crippen LogP contribution in [-0.4, -0.2) is 108 Å². The van der Waals surface area contributed by atoms with E-state index < -0.39 is 37.4 Å². The molecule has 342 valence electrons. The van der Waals surface area contributed by atoms with E-state index >= 15 is 8.63 Å². The Balaban J connectivity index is 0.667. The maximum Gasteiger partial charge on any atom is 0.737 e. The van der Waals surface area contributed by atoms with E-state index in [0.717, 1.165) is 77.2 Å². The lowest BCUT2D eigenvalue weighted by Gasteiger charge is -2.30. The zero-order valence-corrected chi connectivity index (χ0v) is 37.0. The number of benzene rings is 1. The smallest absolute Gasteiger partial charge is 0.484 e. The second-order valence-electron chi connectivity index (χ2n) is 16.3. The highest BCUT2D eigenvalue weighted by Gasteiger charge is 2.52. The summed E-state index contributed by atoms with van der Waals surface area (Å²) in [7, 11) is 0. The van der Waals surface area contributed by atoms with Crippen LogP contribution in [0.25, 0.3) is 29.4 Å². The fourth-order valence-electron chi connectivity index (χ4n) is 8.44. The highest BCUT2D eigenvalue weighted by atomic mass is 32.1. The largest absolute Gasteiger partial charge is 0.737 e. The predicted molar refractivity (Wildman–Crippen MR) is 247 cm³/mol. The number of anilines is 1. The molecule has 3 aliphatic heterocycles. The fraction of sp³-hybridized carbons (Fsp3) is 0.391. The van der Waals surface area contributed by atoms with Crippen LogP contribution in [0.2, 0.25) is 0 Å². The SMILES string of the molecule is CCNC(=O)[C@H]1O[C@@H](n2cnc3c(NCCCCCCCCCCCNC(=O)COc4ccc(/C=C/c5ccc6n5[B-](F)(F)[N+]5=C(c7cccs7)C=CC5=C6)cc4)ncnc32)[C@H](O)[C@@H]1O. The van der Waals surface area contributed by atoms with Crippen molar-refractivity contribution in [3.8, 4) is 5.75 Å². The van der Waals surface area contributed by atoms with E-state index in [1.807, 2.05) is 29.6 Å². The average Bonchev–Trinajstić information content (AvgIpc) is 4.16. The lowest BCUT2D eigenvalue weighted by Crippen LogP contribution is -2.50. The van der Waals surface area contributed by atoms with E-state index in [9.17, 15) is 19.8 Å². The van der Waals surface area contributed by atoms with E-state index in [4.69, 9.17) is 9.47 Å². The molecule has 1 fully saturated rings. The van der Waals surface area contributed by atoms with Crippen LogP contribution >= 0.6 is 11.3 Å². The van der Waals surface area contributed by atoms with Crippen molar-refractivity contribution in [2.45, 2.75) is 89.3 Å². The second-order valence-corrected chi connectivity index (χ2v) is 17.2. The van der Waals surface area contributed by atoms with E-state index in [-0.39, 0.29) is 12.5 Å². The number of amides is 2. The van der Waals surface area contributed by atoms with Crippen molar-refractivity contribution in [2.75, 3.05) is 31.6 Å². The molecule has 15 nitrogen and oxygen atoms in total. The van der Waals surface area contributed by atoms with Gasteiger partial charge in [0.1, 0.15) is 24.3 Å². The Morgan fingerprint density at radius 1 is 0.908 bits per heavy atom. The van der Waals surface area contributed by atoms with E-state index in [0.29, 0.717) is 65.2 Å². The Morgan fingerprint density at radius 3 is 2.40 bits per heavy atom. The van der Waals surface area contributed by atoms with Crippen molar-refractivity contribution in [3.63, 3.8) is 0 Å². The van der Waals surface area contributed by atoms with Crippen molar-refractivity contribution >= 4 is 71.0 Å². The number of allylic oxidation sites excluding steroid dienone is 2. The van der Waals surface area contributed by atoms with Crippen LogP contribution in [0.15, 0.2) is 84.4 Å². The second kappa shape index (κ2) is 20.9. The molecule has 19 heteroatoms. The molecule has 4 aromatic heterocycles. The summed E-state index contributed by atoms with van der Waals surface area (Å²) in [5.74, 6) is 0.436. The summed E-state index contributed by atoms with van der Waals surface area (Å²) in [5, 5.41) is 31.8.